The van der Waals surface area contributed by atoms with E-state index in [1.165, 1.54) is 36.7 Å². The van der Waals surface area contributed by atoms with Gasteiger partial charge in [0.05, 0.1) is 23.6 Å². The number of rotatable bonds is 7. The number of alkyl halides is 2. The van der Waals surface area contributed by atoms with Crippen molar-refractivity contribution in [1.82, 2.24) is 15.3 Å². The summed E-state index contributed by atoms with van der Waals surface area (Å²) < 4.78 is 41.6. The van der Waals surface area contributed by atoms with Crippen molar-refractivity contribution in [2.75, 3.05) is 9.80 Å². The lowest BCUT2D eigenvalue weighted by Crippen LogP contribution is -2.56. The van der Waals surface area contributed by atoms with Crippen LogP contribution in [0.4, 0.5) is 24.7 Å². The molecule has 3 heterocycles. The lowest BCUT2D eigenvalue weighted by molar-refractivity contribution is -0.133. The molecule has 1 saturated carbocycles. The fourth-order valence-corrected chi connectivity index (χ4v) is 5.27. The summed E-state index contributed by atoms with van der Waals surface area (Å²) in [4.78, 5) is 51.2. The standard InChI is InChI=1S/C28H22ClF3N6O3/c29-21-4-2-1-3-20(21)25(26(40)36-18-10-28(31,32)11-18)37(19-9-17(30)14-34-15-19)27(41)22-6-8-24(39)38(22)23-7-5-16(12-33)13-35-23/h1-5,7,9,13-15,18,22,25H,6,8,10-11H2,(H,36,40)/t22-,25+/m0/s1. The Hall–Kier alpha value is -4.50. The highest BCUT2D eigenvalue weighted by molar-refractivity contribution is 6.31. The van der Waals surface area contributed by atoms with Gasteiger partial charge < -0.3 is 5.32 Å². The fourth-order valence-electron chi connectivity index (χ4n) is 5.03. The summed E-state index contributed by atoms with van der Waals surface area (Å²) in [6.45, 7) is 0. The van der Waals surface area contributed by atoms with Crippen LogP contribution in [-0.4, -0.2) is 45.7 Å². The van der Waals surface area contributed by atoms with E-state index in [2.05, 4.69) is 15.3 Å². The maximum atomic E-state index is 14.4. The van der Waals surface area contributed by atoms with Crippen LogP contribution in [0, 0.1) is 17.1 Å². The van der Waals surface area contributed by atoms with E-state index in [-0.39, 0.29) is 40.5 Å². The molecule has 1 aromatic carbocycles. The number of benzene rings is 1. The highest BCUT2D eigenvalue weighted by atomic mass is 35.5. The first-order valence-corrected chi connectivity index (χ1v) is 13.0. The van der Waals surface area contributed by atoms with Crippen LogP contribution in [0.15, 0.2) is 61.1 Å². The summed E-state index contributed by atoms with van der Waals surface area (Å²) in [7, 11) is 0. The summed E-state index contributed by atoms with van der Waals surface area (Å²) in [5.41, 5.74) is 0.289. The monoisotopic (exact) mass is 582 g/mol. The van der Waals surface area contributed by atoms with E-state index in [0.717, 1.165) is 22.1 Å². The van der Waals surface area contributed by atoms with Gasteiger partial charge in [-0.2, -0.15) is 5.26 Å². The van der Waals surface area contributed by atoms with Crippen molar-refractivity contribution in [1.29, 1.82) is 5.26 Å². The second kappa shape index (κ2) is 11.2. The molecule has 41 heavy (non-hydrogen) atoms. The predicted molar refractivity (Wildman–Crippen MR) is 141 cm³/mol. The van der Waals surface area contributed by atoms with E-state index in [1.54, 1.807) is 12.1 Å². The molecule has 2 aromatic heterocycles. The molecule has 1 N–H and O–H groups in total. The molecule has 1 saturated heterocycles. The van der Waals surface area contributed by atoms with Gasteiger partial charge in [-0.25, -0.2) is 18.2 Å². The molecule has 2 aliphatic rings. The molecule has 5 rings (SSSR count). The molecule has 3 aromatic rings. The van der Waals surface area contributed by atoms with Crippen LogP contribution in [-0.2, 0) is 14.4 Å². The molecule has 1 aliphatic heterocycles. The van der Waals surface area contributed by atoms with Crippen molar-refractivity contribution in [2.24, 2.45) is 0 Å². The number of aromatic nitrogens is 2. The molecule has 9 nitrogen and oxygen atoms in total. The topological polar surface area (TPSA) is 119 Å². The maximum absolute atomic E-state index is 14.4. The summed E-state index contributed by atoms with van der Waals surface area (Å²) in [6.07, 6.45) is 2.23. The minimum Gasteiger partial charge on any atom is -0.351 e. The van der Waals surface area contributed by atoms with Crippen LogP contribution < -0.4 is 15.1 Å². The number of halogens is 4. The molecule has 0 bridgehead atoms. The first-order chi connectivity index (χ1) is 19.6. The third-order valence-electron chi connectivity index (χ3n) is 6.97. The molecule has 13 heteroatoms. The maximum Gasteiger partial charge on any atom is 0.252 e. The molecule has 1 aliphatic carbocycles. The Bertz CT molecular complexity index is 1540. The second-order valence-corrected chi connectivity index (χ2v) is 10.2. The molecule has 0 radical (unpaired) electrons. The predicted octanol–water partition coefficient (Wildman–Crippen LogP) is 4.32. The van der Waals surface area contributed by atoms with E-state index in [1.807, 2.05) is 6.07 Å². The van der Waals surface area contributed by atoms with Crippen molar-refractivity contribution >= 4 is 40.8 Å². The highest BCUT2D eigenvalue weighted by Gasteiger charge is 2.48. The summed E-state index contributed by atoms with van der Waals surface area (Å²) in [5.74, 6) is -5.62. The Morgan fingerprint density at radius 2 is 1.93 bits per heavy atom. The number of anilines is 2. The zero-order chi connectivity index (χ0) is 29.3. The van der Waals surface area contributed by atoms with E-state index in [4.69, 9.17) is 16.9 Å². The molecular weight excluding hydrogens is 561 g/mol. The quantitative estimate of drug-likeness (QED) is 0.443. The zero-order valence-electron chi connectivity index (χ0n) is 21.3. The second-order valence-electron chi connectivity index (χ2n) is 9.80. The number of nitriles is 1. The summed E-state index contributed by atoms with van der Waals surface area (Å²) in [6, 6.07) is 8.42. The van der Waals surface area contributed by atoms with E-state index in [0.29, 0.717) is 0 Å². The van der Waals surface area contributed by atoms with Crippen LogP contribution in [0.3, 0.4) is 0 Å². The molecule has 0 unspecified atom stereocenters. The Morgan fingerprint density at radius 3 is 2.56 bits per heavy atom. The summed E-state index contributed by atoms with van der Waals surface area (Å²) in [5, 5.41) is 11.8. The van der Waals surface area contributed by atoms with Gasteiger partial charge >= 0.3 is 0 Å². The van der Waals surface area contributed by atoms with Gasteiger partial charge in [0.2, 0.25) is 11.8 Å². The minimum absolute atomic E-state index is 0.0204. The van der Waals surface area contributed by atoms with Crippen molar-refractivity contribution < 1.29 is 27.6 Å². The Balaban J connectivity index is 1.59. The van der Waals surface area contributed by atoms with Gasteiger partial charge in [-0.1, -0.05) is 29.8 Å². The van der Waals surface area contributed by atoms with Gasteiger partial charge in [-0.3, -0.25) is 29.2 Å². The number of carbonyl (C=O) groups excluding carboxylic acids is 3. The normalized spacial score (nSPS) is 18.8. The van der Waals surface area contributed by atoms with Crippen LogP contribution in [0.25, 0.3) is 0 Å². The van der Waals surface area contributed by atoms with Crippen molar-refractivity contribution in [3.8, 4) is 6.07 Å². The van der Waals surface area contributed by atoms with Crippen molar-refractivity contribution in [3.63, 3.8) is 0 Å². The van der Waals surface area contributed by atoms with Crippen molar-refractivity contribution in [2.45, 2.75) is 49.7 Å². The van der Waals surface area contributed by atoms with Gasteiger partial charge in [0, 0.05) is 48.2 Å². The SMILES string of the molecule is N#Cc1ccc(N2C(=O)CC[C@H]2C(=O)N(c2cncc(F)c2)[C@@H](C(=O)NC2CC(F)(F)C2)c2ccccc2Cl)nc1. The van der Waals surface area contributed by atoms with Crippen LogP contribution >= 0.6 is 11.6 Å². The number of nitrogens with zero attached hydrogens (tertiary/aromatic N) is 5. The summed E-state index contributed by atoms with van der Waals surface area (Å²) >= 11 is 6.47. The number of hydrogen-bond donors (Lipinski definition) is 1. The smallest absolute Gasteiger partial charge is 0.252 e. The largest absolute Gasteiger partial charge is 0.351 e. The highest BCUT2D eigenvalue weighted by Crippen LogP contribution is 2.39. The van der Waals surface area contributed by atoms with E-state index >= 15 is 0 Å². The van der Waals surface area contributed by atoms with Gasteiger partial charge in [-0.05, 0) is 24.6 Å². The zero-order valence-corrected chi connectivity index (χ0v) is 22.1. The molecule has 3 amide bonds. The van der Waals surface area contributed by atoms with E-state index < -0.39 is 60.4 Å². The lowest BCUT2D eigenvalue weighted by atomic mass is 9.87. The Labute approximate surface area is 237 Å². The Kier molecular flexibility index (Phi) is 7.64. The third kappa shape index (κ3) is 5.71. The first-order valence-electron chi connectivity index (χ1n) is 12.6. The number of hydrogen-bond acceptors (Lipinski definition) is 6. The van der Waals surface area contributed by atoms with Crippen LogP contribution in [0.2, 0.25) is 5.02 Å². The Morgan fingerprint density at radius 1 is 1.17 bits per heavy atom. The number of nitrogens with one attached hydrogen (secondary N) is 1. The molecular formula is C28H22ClF3N6O3. The molecule has 210 valence electrons. The van der Waals surface area contributed by atoms with Crippen LogP contribution in [0.5, 0.6) is 0 Å². The average Bonchev–Trinajstić information content (AvgIpc) is 3.32. The van der Waals surface area contributed by atoms with Gasteiger partial charge in [0.15, 0.2) is 0 Å². The molecule has 2 fully saturated rings. The van der Waals surface area contributed by atoms with Crippen molar-refractivity contribution in [3.05, 3.63) is 83.0 Å². The fraction of sp³-hybridized carbons (Fsp3) is 0.286. The molecule has 0 spiro atoms. The minimum atomic E-state index is -2.92. The molecule has 2 atom stereocenters. The number of pyridine rings is 2. The van der Waals surface area contributed by atoms with E-state index in [9.17, 15) is 27.6 Å². The average molecular weight is 583 g/mol. The third-order valence-corrected chi connectivity index (χ3v) is 7.31. The van der Waals surface area contributed by atoms with Crippen LogP contribution in [0.1, 0.15) is 42.9 Å². The number of amides is 3. The van der Waals surface area contributed by atoms with Gasteiger partial charge in [-0.15, -0.1) is 0 Å². The lowest BCUT2D eigenvalue weighted by Gasteiger charge is -2.39. The van der Waals surface area contributed by atoms with Gasteiger partial charge in [0.1, 0.15) is 29.8 Å². The first kappa shape index (κ1) is 28.0. The van der Waals surface area contributed by atoms with Gasteiger partial charge in [0.25, 0.3) is 11.8 Å². The number of carbonyl (C=O) groups is 3.